The second-order valence-electron chi connectivity index (χ2n) is 6.20. The fourth-order valence-corrected chi connectivity index (χ4v) is 3.35. The van der Waals surface area contributed by atoms with Gasteiger partial charge in [-0.05, 0) is 32.0 Å². The van der Waals surface area contributed by atoms with Crippen LogP contribution in [0.25, 0.3) is 11.0 Å². The molecule has 1 unspecified atom stereocenters. The molecule has 23 heavy (non-hydrogen) atoms. The number of carbonyl (C=O) groups excluding carboxylic acids is 1. The van der Waals surface area contributed by atoms with Crippen LogP contribution in [0.4, 0.5) is 0 Å². The van der Waals surface area contributed by atoms with Gasteiger partial charge in [0, 0.05) is 26.7 Å². The lowest BCUT2D eigenvalue weighted by atomic mass is 9.87. The lowest BCUT2D eigenvalue weighted by molar-refractivity contribution is -0.132. The van der Waals surface area contributed by atoms with E-state index in [1.54, 1.807) is 7.11 Å². The van der Waals surface area contributed by atoms with Gasteiger partial charge in [-0.1, -0.05) is 12.1 Å². The molecule has 3 rings (SSSR count). The molecule has 2 aromatic rings. The van der Waals surface area contributed by atoms with E-state index in [9.17, 15) is 4.79 Å². The number of aromatic nitrogens is 2. The number of imidazole rings is 1. The summed E-state index contributed by atoms with van der Waals surface area (Å²) in [5.74, 6) is 1.04. The summed E-state index contributed by atoms with van der Waals surface area (Å²) in [4.78, 5) is 17.1. The Morgan fingerprint density at radius 3 is 3.04 bits per heavy atom. The van der Waals surface area contributed by atoms with Gasteiger partial charge in [0.25, 0.3) is 0 Å². The van der Waals surface area contributed by atoms with Crippen LogP contribution in [0.2, 0.25) is 0 Å². The molecule has 1 atom stereocenters. The molecule has 0 spiro atoms. The largest absolute Gasteiger partial charge is 0.384 e. The highest BCUT2D eigenvalue weighted by atomic mass is 16.5. The van der Waals surface area contributed by atoms with Crippen LogP contribution < -0.4 is 10.6 Å². The zero-order valence-corrected chi connectivity index (χ0v) is 13.8. The maximum absolute atomic E-state index is 12.6. The van der Waals surface area contributed by atoms with Gasteiger partial charge in [-0.15, -0.1) is 0 Å². The van der Waals surface area contributed by atoms with Crippen LogP contribution >= 0.6 is 0 Å². The van der Waals surface area contributed by atoms with E-state index in [2.05, 4.69) is 26.3 Å². The molecule has 1 aromatic heterocycles. The van der Waals surface area contributed by atoms with Gasteiger partial charge in [-0.3, -0.25) is 4.79 Å². The van der Waals surface area contributed by atoms with Crippen LogP contribution in [0.1, 0.15) is 12.2 Å². The van der Waals surface area contributed by atoms with E-state index in [-0.39, 0.29) is 5.91 Å². The number of carbonyl (C=O) groups is 1. The number of hydrogen-bond acceptors (Lipinski definition) is 4. The monoisotopic (exact) mass is 316 g/mol. The number of nitrogens with zero attached hydrogens (tertiary/aromatic N) is 2. The van der Waals surface area contributed by atoms with Gasteiger partial charge in [0.05, 0.1) is 23.1 Å². The first-order valence-corrected chi connectivity index (χ1v) is 8.06. The quantitative estimate of drug-likeness (QED) is 0.837. The van der Waals surface area contributed by atoms with Gasteiger partial charge in [0.15, 0.2) is 0 Å². The molecule has 0 aliphatic carbocycles. The number of aryl methyl sites for hydroxylation is 1. The number of methoxy groups -OCH3 is 1. The zero-order valence-electron chi connectivity index (χ0n) is 13.8. The molecule has 2 heterocycles. The number of ether oxygens (including phenoxy) is 1. The Labute approximate surface area is 136 Å². The smallest absolute Gasteiger partial charge is 0.229 e. The van der Waals surface area contributed by atoms with Crippen molar-refractivity contribution >= 4 is 16.9 Å². The van der Waals surface area contributed by atoms with E-state index < -0.39 is 5.41 Å². The van der Waals surface area contributed by atoms with Crippen molar-refractivity contribution in [2.24, 2.45) is 5.41 Å². The van der Waals surface area contributed by atoms with Gasteiger partial charge in [-0.2, -0.15) is 0 Å². The number of amides is 1. The molecule has 6 nitrogen and oxygen atoms in total. The van der Waals surface area contributed by atoms with E-state index in [1.807, 2.05) is 25.1 Å². The second-order valence-corrected chi connectivity index (χ2v) is 6.20. The van der Waals surface area contributed by atoms with Crippen molar-refractivity contribution in [2.75, 3.05) is 33.4 Å². The molecule has 1 aromatic carbocycles. The Morgan fingerprint density at radius 2 is 2.30 bits per heavy atom. The number of nitrogens with one attached hydrogen (secondary N) is 2. The topological polar surface area (TPSA) is 68.2 Å². The minimum Gasteiger partial charge on any atom is -0.384 e. The molecule has 6 heteroatoms. The SMILES string of the molecule is COCC1(C(=O)NCCn2c(C)nc3ccccc32)CCNC1. The van der Waals surface area contributed by atoms with Gasteiger partial charge in [0.1, 0.15) is 5.82 Å². The summed E-state index contributed by atoms with van der Waals surface area (Å²) in [5.41, 5.74) is 1.67. The summed E-state index contributed by atoms with van der Waals surface area (Å²) in [6, 6.07) is 8.07. The highest BCUT2D eigenvalue weighted by Crippen LogP contribution is 2.26. The number of hydrogen-bond donors (Lipinski definition) is 2. The highest BCUT2D eigenvalue weighted by molar-refractivity contribution is 5.83. The Kier molecular flexibility index (Phi) is 4.63. The maximum atomic E-state index is 12.6. The third kappa shape index (κ3) is 3.09. The summed E-state index contributed by atoms with van der Waals surface area (Å²) >= 11 is 0. The number of fused-ring (bicyclic) bond motifs is 1. The molecule has 1 aliphatic heterocycles. The fourth-order valence-electron chi connectivity index (χ4n) is 3.35. The van der Waals surface area contributed by atoms with Crippen molar-refractivity contribution in [1.82, 2.24) is 20.2 Å². The van der Waals surface area contributed by atoms with Crippen molar-refractivity contribution in [1.29, 1.82) is 0 Å². The van der Waals surface area contributed by atoms with Gasteiger partial charge < -0.3 is 19.9 Å². The summed E-state index contributed by atoms with van der Waals surface area (Å²) in [7, 11) is 1.65. The molecular formula is C17H24N4O2. The molecule has 0 radical (unpaired) electrons. The van der Waals surface area contributed by atoms with E-state index in [4.69, 9.17) is 4.74 Å². The van der Waals surface area contributed by atoms with Crippen molar-refractivity contribution in [3.8, 4) is 0 Å². The maximum Gasteiger partial charge on any atom is 0.229 e. The summed E-state index contributed by atoms with van der Waals surface area (Å²) < 4.78 is 7.41. The van der Waals surface area contributed by atoms with Crippen LogP contribution in [-0.2, 0) is 16.1 Å². The molecular weight excluding hydrogens is 292 g/mol. The van der Waals surface area contributed by atoms with Crippen LogP contribution in [0, 0.1) is 12.3 Å². The Morgan fingerprint density at radius 1 is 1.48 bits per heavy atom. The number of benzene rings is 1. The lowest BCUT2D eigenvalue weighted by Crippen LogP contribution is -2.46. The standard InChI is InChI=1S/C17H24N4O2/c1-13-20-14-5-3-4-6-15(14)21(13)10-9-19-16(22)17(12-23-2)7-8-18-11-17/h3-6,18H,7-12H2,1-2H3,(H,19,22). The van der Waals surface area contributed by atoms with E-state index in [0.717, 1.165) is 29.8 Å². The van der Waals surface area contributed by atoms with E-state index in [0.29, 0.717) is 26.2 Å². The van der Waals surface area contributed by atoms with Crippen molar-refractivity contribution in [3.63, 3.8) is 0 Å². The van der Waals surface area contributed by atoms with E-state index >= 15 is 0 Å². The predicted molar refractivity (Wildman–Crippen MR) is 89.3 cm³/mol. The Bertz CT molecular complexity index is 689. The van der Waals surface area contributed by atoms with Gasteiger partial charge in [0.2, 0.25) is 5.91 Å². The first-order chi connectivity index (χ1) is 11.2. The second kappa shape index (κ2) is 6.68. The average molecular weight is 316 g/mol. The first kappa shape index (κ1) is 16.0. The van der Waals surface area contributed by atoms with Crippen molar-refractivity contribution < 1.29 is 9.53 Å². The van der Waals surface area contributed by atoms with Crippen molar-refractivity contribution in [2.45, 2.75) is 19.9 Å². The molecule has 0 bridgehead atoms. The molecule has 0 saturated carbocycles. The minimum atomic E-state index is -0.430. The summed E-state index contributed by atoms with van der Waals surface area (Å²) in [5, 5.41) is 6.33. The molecule has 1 saturated heterocycles. The molecule has 2 N–H and O–H groups in total. The highest BCUT2D eigenvalue weighted by Gasteiger charge is 2.41. The first-order valence-electron chi connectivity index (χ1n) is 8.06. The third-order valence-corrected chi connectivity index (χ3v) is 4.61. The number of para-hydroxylation sites is 2. The zero-order chi connectivity index (χ0) is 16.3. The normalized spacial score (nSPS) is 21.0. The average Bonchev–Trinajstić information content (AvgIpc) is 3.13. The third-order valence-electron chi connectivity index (χ3n) is 4.61. The summed E-state index contributed by atoms with van der Waals surface area (Å²) in [6.07, 6.45) is 0.819. The Balaban J connectivity index is 1.64. The lowest BCUT2D eigenvalue weighted by Gasteiger charge is -2.26. The molecule has 1 fully saturated rings. The van der Waals surface area contributed by atoms with Crippen LogP contribution in [0.15, 0.2) is 24.3 Å². The van der Waals surface area contributed by atoms with Crippen LogP contribution in [0.5, 0.6) is 0 Å². The molecule has 124 valence electrons. The Hall–Kier alpha value is -1.92. The van der Waals surface area contributed by atoms with E-state index in [1.165, 1.54) is 0 Å². The van der Waals surface area contributed by atoms with Crippen molar-refractivity contribution in [3.05, 3.63) is 30.1 Å². The predicted octanol–water partition coefficient (Wildman–Crippen LogP) is 1.09. The van der Waals surface area contributed by atoms with Gasteiger partial charge in [-0.25, -0.2) is 4.98 Å². The summed E-state index contributed by atoms with van der Waals surface area (Å²) in [6.45, 7) is 5.30. The fraction of sp³-hybridized carbons (Fsp3) is 0.529. The minimum absolute atomic E-state index is 0.0754. The van der Waals surface area contributed by atoms with Gasteiger partial charge >= 0.3 is 0 Å². The molecule has 1 amide bonds. The number of rotatable bonds is 6. The molecule has 1 aliphatic rings. The van der Waals surface area contributed by atoms with Crippen LogP contribution in [0.3, 0.4) is 0 Å². The van der Waals surface area contributed by atoms with Crippen LogP contribution in [-0.4, -0.2) is 48.8 Å².